The first-order valence-electron chi connectivity index (χ1n) is 3.63. The van der Waals surface area contributed by atoms with Crippen LogP contribution in [0.4, 0.5) is 4.79 Å². The van der Waals surface area contributed by atoms with Crippen LogP contribution in [-0.4, -0.2) is 31.6 Å². The van der Waals surface area contributed by atoms with Gasteiger partial charge in [0.15, 0.2) is 0 Å². The van der Waals surface area contributed by atoms with Gasteiger partial charge >= 0.3 is 6.16 Å². The third-order valence-electron chi connectivity index (χ3n) is 1.23. The van der Waals surface area contributed by atoms with Gasteiger partial charge in [-0.25, -0.2) is 4.79 Å². The number of ether oxygens (including phenoxy) is 3. The van der Waals surface area contributed by atoms with Crippen LogP contribution in [0.1, 0.15) is 13.8 Å². The van der Waals surface area contributed by atoms with Crippen LogP contribution in [0, 0.1) is 0 Å². The van der Waals surface area contributed by atoms with Crippen molar-refractivity contribution in [2.24, 2.45) is 0 Å². The fraction of sp³-hybridized carbons (Fsp3) is 0.857. The molecule has 4 nitrogen and oxygen atoms in total. The molecule has 0 aromatic carbocycles. The fourth-order valence-electron chi connectivity index (χ4n) is 0.514. The molecular weight excluding hydrogens is 148 g/mol. The molecule has 64 valence electrons. The van der Waals surface area contributed by atoms with Crippen molar-refractivity contribution in [2.45, 2.75) is 26.1 Å². The molecule has 2 fully saturated rings. The lowest BCUT2D eigenvalue weighted by Crippen LogP contribution is -2.01. The molecule has 0 amide bonds. The van der Waals surface area contributed by atoms with Crippen molar-refractivity contribution in [1.82, 2.24) is 0 Å². The lowest BCUT2D eigenvalue weighted by molar-refractivity contribution is 0.121. The van der Waals surface area contributed by atoms with Crippen LogP contribution < -0.4 is 0 Å². The van der Waals surface area contributed by atoms with Gasteiger partial charge in [0.25, 0.3) is 0 Å². The molecular formula is C7H12O4. The Balaban J connectivity index is 0.000000128. The molecule has 0 aromatic rings. The van der Waals surface area contributed by atoms with E-state index in [2.05, 4.69) is 16.4 Å². The predicted molar refractivity (Wildman–Crippen MR) is 37.3 cm³/mol. The molecule has 0 spiro atoms. The first-order chi connectivity index (χ1) is 5.18. The van der Waals surface area contributed by atoms with E-state index >= 15 is 0 Å². The van der Waals surface area contributed by atoms with Gasteiger partial charge in [-0.15, -0.1) is 0 Å². The van der Waals surface area contributed by atoms with Crippen molar-refractivity contribution in [3.8, 4) is 0 Å². The SMILES string of the molecule is CC1CO1.CC1COC(=O)O1. The maximum absolute atomic E-state index is 10.0. The van der Waals surface area contributed by atoms with E-state index in [1.54, 1.807) is 6.92 Å². The van der Waals surface area contributed by atoms with E-state index in [9.17, 15) is 4.79 Å². The van der Waals surface area contributed by atoms with Gasteiger partial charge in [0, 0.05) is 0 Å². The summed E-state index contributed by atoms with van der Waals surface area (Å²) in [5.41, 5.74) is 0. The van der Waals surface area contributed by atoms with E-state index in [4.69, 9.17) is 4.74 Å². The second-order valence-corrected chi connectivity index (χ2v) is 2.63. The van der Waals surface area contributed by atoms with Crippen molar-refractivity contribution in [2.75, 3.05) is 13.2 Å². The Morgan fingerprint density at radius 1 is 1.27 bits per heavy atom. The number of rotatable bonds is 0. The molecule has 11 heavy (non-hydrogen) atoms. The molecule has 0 aromatic heterocycles. The predicted octanol–water partition coefficient (Wildman–Crippen LogP) is 0.947. The fourth-order valence-corrected chi connectivity index (χ4v) is 0.514. The van der Waals surface area contributed by atoms with E-state index in [0.717, 1.165) is 6.61 Å². The highest BCUT2D eigenvalue weighted by molar-refractivity contribution is 5.61. The molecule has 0 saturated carbocycles. The van der Waals surface area contributed by atoms with Crippen molar-refractivity contribution >= 4 is 6.16 Å². The third kappa shape index (κ3) is 3.83. The van der Waals surface area contributed by atoms with Gasteiger partial charge in [-0.2, -0.15) is 0 Å². The van der Waals surface area contributed by atoms with Crippen LogP contribution in [0.2, 0.25) is 0 Å². The number of carbonyl (C=O) groups excluding carboxylic acids is 1. The second-order valence-electron chi connectivity index (χ2n) is 2.63. The van der Waals surface area contributed by atoms with Crippen LogP contribution in [0.15, 0.2) is 0 Å². The Labute approximate surface area is 65.4 Å². The molecule has 2 atom stereocenters. The highest BCUT2D eigenvalue weighted by Gasteiger charge is 2.19. The zero-order chi connectivity index (χ0) is 8.27. The zero-order valence-electron chi connectivity index (χ0n) is 6.70. The lowest BCUT2D eigenvalue weighted by atomic mass is 10.5. The van der Waals surface area contributed by atoms with Gasteiger partial charge < -0.3 is 14.2 Å². The standard InChI is InChI=1S/C4H6O3.C3H6O/c1-3-2-6-4(5)7-3;1-3-2-4-3/h3H,2H2,1H3;3H,2H2,1H3. The van der Waals surface area contributed by atoms with Crippen LogP contribution in [0.5, 0.6) is 0 Å². The smallest absolute Gasteiger partial charge is 0.430 e. The Morgan fingerprint density at radius 2 is 1.82 bits per heavy atom. The molecule has 2 unspecified atom stereocenters. The summed E-state index contributed by atoms with van der Waals surface area (Å²) in [4.78, 5) is 10.0. The van der Waals surface area contributed by atoms with E-state index in [1.165, 1.54) is 0 Å². The minimum Gasteiger partial charge on any atom is -0.430 e. The van der Waals surface area contributed by atoms with Gasteiger partial charge in [-0.3, -0.25) is 0 Å². The van der Waals surface area contributed by atoms with Crippen molar-refractivity contribution in [3.63, 3.8) is 0 Å². The Morgan fingerprint density at radius 3 is 1.91 bits per heavy atom. The summed E-state index contributed by atoms with van der Waals surface area (Å²) >= 11 is 0. The van der Waals surface area contributed by atoms with E-state index in [-0.39, 0.29) is 6.10 Å². The van der Waals surface area contributed by atoms with E-state index < -0.39 is 6.16 Å². The molecule has 2 saturated heterocycles. The zero-order valence-corrected chi connectivity index (χ0v) is 6.70. The van der Waals surface area contributed by atoms with Crippen LogP contribution in [-0.2, 0) is 14.2 Å². The monoisotopic (exact) mass is 160 g/mol. The van der Waals surface area contributed by atoms with Gasteiger partial charge in [0.05, 0.1) is 12.7 Å². The lowest BCUT2D eigenvalue weighted by Gasteiger charge is -1.90. The Bertz CT molecular complexity index is 141. The average molecular weight is 160 g/mol. The molecule has 2 heterocycles. The minimum absolute atomic E-state index is 0.0486. The molecule has 2 aliphatic rings. The summed E-state index contributed by atoms with van der Waals surface area (Å²) in [5, 5.41) is 0. The van der Waals surface area contributed by atoms with Crippen molar-refractivity contribution < 1.29 is 19.0 Å². The van der Waals surface area contributed by atoms with E-state index in [0.29, 0.717) is 12.7 Å². The Kier molecular flexibility index (Phi) is 2.70. The highest BCUT2D eigenvalue weighted by Crippen LogP contribution is 2.04. The largest absolute Gasteiger partial charge is 0.508 e. The summed E-state index contributed by atoms with van der Waals surface area (Å²) in [7, 11) is 0. The molecule has 2 rings (SSSR count). The van der Waals surface area contributed by atoms with Gasteiger partial charge in [0.2, 0.25) is 0 Å². The maximum atomic E-state index is 10.0. The van der Waals surface area contributed by atoms with Crippen molar-refractivity contribution in [3.05, 3.63) is 0 Å². The van der Waals surface area contributed by atoms with Gasteiger partial charge in [-0.1, -0.05) is 0 Å². The number of hydrogen-bond acceptors (Lipinski definition) is 4. The summed E-state index contributed by atoms with van der Waals surface area (Å²) in [6.45, 7) is 5.23. The molecule has 0 aliphatic carbocycles. The summed E-state index contributed by atoms with van der Waals surface area (Å²) in [6.07, 6.45) is -0.0139. The summed E-state index contributed by atoms with van der Waals surface area (Å²) in [5.74, 6) is 0. The number of carbonyl (C=O) groups is 1. The highest BCUT2D eigenvalue weighted by atomic mass is 16.8. The number of epoxide rings is 1. The van der Waals surface area contributed by atoms with Crippen LogP contribution in [0.25, 0.3) is 0 Å². The third-order valence-corrected chi connectivity index (χ3v) is 1.23. The van der Waals surface area contributed by atoms with E-state index in [1.807, 2.05) is 0 Å². The Hall–Kier alpha value is -0.770. The average Bonchev–Trinajstić information content (AvgIpc) is 2.61. The number of hydrogen-bond donors (Lipinski definition) is 0. The minimum atomic E-state index is -0.549. The quantitative estimate of drug-likeness (QED) is 0.391. The molecule has 0 radical (unpaired) electrons. The summed E-state index contributed by atoms with van der Waals surface area (Å²) in [6, 6.07) is 0. The first kappa shape index (κ1) is 8.33. The van der Waals surface area contributed by atoms with Gasteiger partial charge in [0.1, 0.15) is 12.7 Å². The normalized spacial score (nSPS) is 33.1. The first-order valence-corrected chi connectivity index (χ1v) is 3.63. The molecule has 0 bridgehead atoms. The van der Waals surface area contributed by atoms with Crippen LogP contribution in [0.3, 0.4) is 0 Å². The maximum Gasteiger partial charge on any atom is 0.508 e. The summed E-state index contributed by atoms with van der Waals surface area (Å²) < 4.78 is 13.6. The molecule has 2 aliphatic heterocycles. The molecule has 4 heteroatoms. The second kappa shape index (κ2) is 3.57. The van der Waals surface area contributed by atoms with Gasteiger partial charge in [-0.05, 0) is 13.8 Å². The van der Waals surface area contributed by atoms with Crippen molar-refractivity contribution in [1.29, 1.82) is 0 Å². The topological polar surface area (TPSA) is 48.1 Å². The number of cyclic esters (lactones) is 2. The van der Waals surface area contributed by atoms with Crippen LogP contribution >= 0.6 is 0 Å². The molecule has 0 N–H and O–H groups in total.